The molecule has 0 radical (unpaired) electrons. The van der Waals surface area contributed by atoms with Gasteiger partial charge in [0.05, 0.1) is 18.6 Å². The van der Waals surface area contributed by atoms with Crippen LogP contribution in [0.5, 0.6) is 0 Å². The molecule has 132 valence electrons. The lowest BCUT2D eigenvalue weighted by atomic mass is 9.71. The van der Waals surface area contributed by atoms with E-state index in [9.17, 15) is 9.90 Å². The molecule has 0 unspecified atom stereocenters. The van der Waals surface area contributed by atoms with Crippen molar-refractivity contribution in [2.45, 2.75) is 58.5 Å². The standard InChI is InChI=1S/C21H30O3/c1-5-6-11-19-13-17-10-8-7-9-16(17)12-18(20(22)24-4)14-21(19,23)15(2)3/h7-10,13,15,18,23H,5-6,11-12,14H2,1-4H3/b19-13-/t18-,21-/m0/s1. The lowest BCUT2D eigenvalue weighted by Crippen LogP contribution is -2.42. The predicted molar refractivity (Wildman–Crippen MR) is 97.6 cm³/mol. The van der Waals surface area contributed by atoms with E-state index >= 15 is 0 Å². The van der Waals surface area contributed by atoms with Crippen molar-refractivity contribution in [3.05, 3.63) is 41.0 Å². The number of aliphatic hydroxyl groups is 1. The van der Waals surface area contributed by atoms with Gasteiger partial charge < -0.3 is 9.84 Å². The number of hydrogen-bond acceptors (Lipinski definition) is 3. The third kappa shape index (κ3) is 3.89. The highest BCUT2D eigenvalue weighted by molar-refractivity contribution is 5.74. The zero-order valence-electron chi connectivity index (χ0n) is 15.3. The van der Waals surface area contributed by atoms with Gasteiger partial charge in [0, 0.05) is 0 Å². The fourth-order valence-corrected chi connectivity index (χ4v) is 3.61. The van der Waals surface area contributed by atoms with Crippen LogP contribution in [0.3, 0.4) is 0 Å². The van der Waals surface area contributed by atoms with Crippen LogP contribution in [0.4, 0.5) is 0 Å². The van der Waals surface area contributed by atoms with E-state index in [0.717, 1.165) is 36.0 Å². The average molecular weight is 330 g/mol. The van der Waals surface area contributed by atoms with E-state index in [4.69, 9.17) is 4.74 Å². The molecule has 1 aromatic rings. The minimum Gasteiger partial charge on any atom is -0.469 e. The molecule has 0 aliphatic heterocycles. The molecule has 1 aliphatic carbocycles. The molecule has 1 aromatic carbocycles. The lowest BCUT2D eigenvalue weighted by Gasteiger charge is -2.39. The highest BCUT2D eigenvalue weighted by Gasteiger charge is 2.40. The Morgan fingerprint density at radius 3 is 2.71 bits per heavy atom. The van der Waals surface area contributed by atoms with Crippen LogP contribution in [0.25, 0.3) is 6.08 Å². The van der Waals surface area contributed by atoms with Crippen LogP contribution in [0, 0.1) is 11.8 Å². The summed E-state index contributed by atoms with van der Waals surface area (Å²) >= 11 is 0. The molecule has 0 saturated carbocycles. The summed E-state index contributed by atoms with van der Waals surface area (Å²) in [6, 6.07) is 8.15. The van der Waals surface area contributed by atoms with Gasteiger partial charge in [0.25, 0.3) is 0 Å². The maximum atomic E-state index is 12.3. The summed E-state index contributed by atoms with van der Waals surface area (Å²) in [4.78, 5) is 12.3. The smallest absolute Gasteiger partial charge is 0.309 e. The number of ether oxygens (including phenoxy) is 1. The van der Waals surface area contributed by atoms with Crippen molar-refractivity contribution in [3.8, 4) is 0 Å². The number of unbranched alkanes of at least 4 members (excludes halogenated alkanes) is 1. The van der Waals surface area contributed by atoms with Crippen LogP contribution < -0.4 is 0 Å². The third-order valence-corrected chi connectivity index (χ3v) is 5.25. The van der Waals surface area contributed by atoms with Gasteiger partial charge in [-0.25, -0.2) is 0 Å². The maximum absolute atomic E-state index is 12.3. The van der Waals surface area contributed by atoms with Gasteiger partial charge in [-0.05, 0) is 48.3 Å². The first-order chi connectivity index (χ1) is 11.4. The van der Waals surface area contributed by atoms with Crippen LogP contribution in [0.1, 0.15) is 57.6 Å². The quantitative estimate of drug-likeness (QED) is 0.815. The molecule has 0 aromatic heterocycles. The molecule has 0 spiro atoms. The molecule has 24 heavy (non-hydrogen) atoms. The second-order valence-electron chi connectivity index (χ2n) is 7.18. The van der Waals surface area contributed by atoms with Gasteiger partial charge in [-0.15, -0.1) is 0 Å². The molecule has 2 rings (SSSR count). The van der Waals surface area contributed by atoms with Gasteiger partial charge in [-0.2, -0.15) is 0 Å². The number of rotatable bonds is 5. The summed E-state index contributed by atoms with van der Waals surface area (Å²) in [5, 5.41) is 11.5. The highest BCUT2D eigenvalue weighted by Crippen LogP contribution is 2.40. The van der Waals surface area contributed by atoms with Gasteiger partial charge in [-0.3, -0.25) is 4.79 Å². The first-order valence-electron chi connectivity index (χ1n) is 9.01. The van der Waals surface area contributed by atoms with Crippen LogP contribution >= 0.6 is 0 Å². The van der Waals surface area contributed by atoms with Crippen molar-refractivity contribution in [1.82, 2.24) is 0 Å². The number of methoxy groups -OCH3 is 1. The monoisotopic (exact) mass is 330 g/mol. The van der Waals surface area contributed by atoms with Crippen LogP contribution in [0.2, 0.25) is 0 Å². The summed E-state index contributed by atoms with van der Waals surface area (Å²) in [7, 11) is 1.43. The van der Waals surface area contributed by atoms with Crippen LogP contribution in [0.15, 0.2) is 29.8 Å². The largest absolute Gasteiger partial charge is 0.469 e. The summed E-state index contributed by atoms with van der Waals surface area (Å²) in [6.45, 7) is 6.21. The molecule has 0 amide bonds. The summed E-state index contributed by atoms with van der Waals surface area (Å²) < 4.78 is 5.02. The van der Waals surface area contributed by atoms with E-state index in [1.54, 1.807) is 0 Å². The zero-order chi connectivity index (χ0) is 17.7. The fraction of sp³-hybridized carbons (Fsp3) is 0.571. The molecule has 3 nitrogen and oxygen atoms in total. The van der Waals surface area contributed by atoms with Crippen molar-refractivity contribution in [2.75, 3.05) is 7.11 Å². The molecular formula is C21H30O3. The Labute approximate surface area is 145 Å². The van der Waals surface area contributed by atoms with Crippen LogP contribution in [-0.4, -0.2) is 23.8 Å². The van der Waals surface area contributed by atoms with Crippen molar-refractivity contribution >= 4 is 12.0 Å². The molecule has 0 saturated heterocycles. The molecule has 0 bridgehead atoms. The second-order valence-corrected chi connectivity index (χ2v) is 7.18. The molecule has 2 atom stereocenters. The van der Waals surface area contributed by atoms with Gasteiger partial charge in [0.15, 0.2) is 0 Å². The zero-order valence-corrected chi connectivity index (χ0v) is 15.3. The van der Waals surface area contributed by atoms with Gasteiger partial charge in [-0.1, -0.05) is 57.5 Å². The Kier molecular flexibility index (Phi) is 6.22. The molecule has 1 N–H and O–H groups in total. The maximum Gasteiger partial charge on any atom is 0.309 e. The molecule has 0 heterocycles. The average Bonchev–Trinajstić information content (AvgIpc) is 2.56. The van der Waals surface area contributed by atoms with Gasteiger partial charge >= 0.3 is 5.97 Å². The second kappa shape index (κ2) is 7.98. The van der Waals surface area contributed by atoms with Gasteiger partial charge in [0.2, 0.25) is 0 Å². The van der Waals surface area contributed by atoms with E-state index in [0.29, 0.717) is 12.8 Å². The SMILES string of the molecule is CCCC/C1=C/c2ccccc2C[C@H](C(=O)OC)C[C@]1(O)C(C)C. The number of carbonyl (C=O) groups excluding carboxylic acids is 1. The molecule has 3 heteroatoms. The molecule has 1 aliphatic rings. The molecular weight excluding hydrogens is 300 g/mol. The predicted octanol–water partition coefficient (Wildman–Crippen LogP) is 4.38. The Morgan fingerprint density at radius 2 is 2.08 bits per heavy atom. The normalized spacial score (nSPS) is 26.1. The van der Waals surface area contributed by atoms with Crippen molar-refractivity contribution in [1.29, 1.82) is 0 Å². The van der Waals surface area contributed by atoms with Crippen molar-refractivity contribution in [2.24, 2.45) is 11.8 Å². The number of hydrogen-bond donors (Lipinski definition) is 1. The number of benzene rings is 1. The third-order valence-electron chi connectivity index (χ3n) is 5.25. The van der Waals surface area contributed by atoms with Crippen LogP contribution in [-0.2, 0) is 16.0 Å². The first-order valence-corrected chi connectivity index (χ1v) is 9.01. The Bertz CT molecular complexity index is 603. The Morgan fingerprint density at radius 1 is 1.38 bits per heavy atom. The van der Waals surface area contributed by atoms with E-state index in [1.165, 1.54) is 7.11 Å². The van der Waals surface area contributed by atoms with E-state index in [2.05, 4.69) is 25.1 Å². The highest BCUT2D eigenvalue weighted by atomic mass is 16.5. The topological polar surface area (TPSA) is 46.5 Å². The number of fused-ring (bicyclic) bond motifs is 1. The minimum absolute atomic E-state index is 0.0398. The van der Waals surface area contributed by atoms with Crippen molar-refractivity contribution < 1.29 is 14.6 Å². The summed E-state index contributed by atoms with van der Waals surface area (Å²) in [5.41, 5.74) is 2.33. The molecule has 0 fully saturated rings. The van der Waals surface area contributed by atoms with E-state index in [1.807, 2.05) is 26.0 Å². The van der Waals surface area contributed by atoms with E-state index < -0.39 is 5.60 Å². The fourth-order valence-electron chi connectivity index (χ4n) is 3.61. The number of esters is 1. The lowest BCUT2D eigenvalue weighted by molar-refractivity contribution is -0.148. The summed E-state index contributed by atoms with van der Waals surface area (Å²) in [5.74, 6) is -0.521. The van der Waals surface area contributed by atoms with Gasteiger partial charge in [0.1, 0.15) is 0 Å². The first kappa shape index (κ1) is 18.7. The number of carbonyl (C=O) groups is 1. The Balaban J connectivity index is 2.56. The summed E-state index contributed by atoms with van der Waals surface area (Å²) in [6.07, 6.45) is 6.14. The van der Waals surface area contributed by atoms with Crippen molar-refractivity contribution in [3.63, 3.8) is 0 Å². The van der Waals surface area contributed by atoms with E-state index in [-0.39, 0.29) is 17.8 Å². The Hall–Kier alpha value is -1.61. The minimum atomic E-state index is -0.971.